The van der Waals surface area contributed by atoms with E-state index in [9.17, 15) is 9.59 Å². The molecule has 31 heavy (non-hydrogen) atoms. The van der Waals surface area contributed by atoms with Gasteiger partial charge < -0.3 is 19.2 Å². The van der Waals surface area contributed by atoms with E-state index in [0.717, 1.165) is 36.4 Å². The van der Waals surface area contributed by atoms with Crippen LogP contribution in [0.15, 0.2) is 41.2 Å². The fourth-order valence-corrected chi connectivity index (χ4v) is 4.16. The molecule has 0 radical (unpaired) electrons. The highest BCUT2D eigenvalue weighted by atomic mass is 16.5. The summed E-state index contributed by atoms with van der Waals surface area (Å²) >= 11 is 0. The summed E-state index contributed by atoms with van der Waals surface area (Å²) in [7, 11) is 4.60. The molecule has 0 amide bonds. The third kappa shape index (κ3) is 4.11. The number of methoxy groups -OCH3 is 3. The Hall–Kier alpha value is -3.39. The number of carbonyl (C=O) groups is 1. The van der Waals surface area contributed by atoms with Crippen LogP contribution in [0.3, 0.4) is 0 Å². The second-order valence-corrected chi connectivity index (χ2v) is 7.47. The van der Waals surface area contributed by atoms with E-state index in [1.807, 2.05) is 18.2 Å². The summed E-state index contributed by atoms with van der Waals surface area (Å²) in [6.07, 6.45) is 2.01. The van der Waals surface area contributed by atoms with Gasteiger partial charge in [-0.25, -0.2) is 9.78 Å². The highest BCUT2D eigenvalue weighted by Gasteiger charge is 2.29. The molecule has 1 aliphatic rings. The van der Waals surface area contributed by atoms with Crippen molar-refractivity contribution in [2.75, 3.05) is 27.9 Å². The minimum atomic E-state index is -0.461. The number of hydrogen-bond acceptors (Lipinski definition) is 7. The number of esters is 1. The third-order valence-corrected chi connectivity index (χ3v) is 5.69. The lowest BCUT2D eigenvalue weighted by molar-refractivity contribution is 0.0601. The van der Waals surface area contributed by atoms with E-state index in [2.05, 4.69) is 14.9 Å². The van der Waals surface area contributed by atoms with Gasteiger partial charge in [0, 0.05) is 17.7 Å². The summed E-state index contributed by atoms with van der Waals surface area (Å²) < 4.78 is 15.7. The number of benzene rings is 2. The number of aromatic amines is 1. The second kappa shape index (κ2) is 8.77. The number of nitrogens with one attached hydrogen (secondary N) is 1. The van der Waals surface area contributed by atoms with Crippen LogP contribution in [-0.4, -0.2) is 48.7 Å². The Morgan fingerprint density at radius 1 is 1.16 bits per heavy atom. The normalized spacial score (nSPS) is 16.4. The van der Waals surface area contributed by atoms with Crippen LogP contribution in [0.25, 0.3) is 10.9 Å². The molecule has 3 aromatic rings. The number of aromatic nitrogens is 2. The zero-order valence-corrected chi connectivity index (χ0v) is 17.8. The molecular formula is C23H25N3O5. The smallest absolute Gasteiger partial charge is 0.337 e. The van der Waals surface area contributed by atoms with Crippen molar-refractivity contribution in [3.63, 3.8) is 0 Å². The largest absolute Gasteiger partial charge is 0.497 e. The van der Waals surface area contributed by atoms with Crippen LogP contribution < -0.4 is 15.0 Å². The van der Waals surface area contributed by atoms with Gasteiger partial charge >= 0.3 is 5.97 Å². The summed E-state index contributed by atoms with van der Waals surface area (Å²) in [5.41, 5.74) is 1.69. The molecule has 0 spiro atoms. The zero-order chi connectivity index (χ0) is 22.0. The number of carbonyl (C=O) groups excluding carboxylic acids is 1. The van der Waals surface area contributed by atoms with Crippen LogP contribution in [0, 0.1) is 0 Å². The maximum atomic E-state index is 12.6. The van der Waals surface area contributed by atoms with Crippen LogP contribution >= 0.6 is 0 Å². The van der Waals surface area contributed by atoms with E-state index in [-0.39, 0.29) is 11.6 Å². The topological polar surface area (TPSA) is 93.8 Å². The first-order valence-electron chi connectivity index (χ1n) is 10.1. The van der Waals surface area contributed by atoms with Gasteiger partial charge in [0.2, 0.25) is 0 Å². The molecule has 1 atom stereocenters. The van der Waals surface area contributed by atoms with E-state index in [4.69, 9.17) is 14.2 Å². The van der Waals surface area contributed by atoms with Gasteiger partial charge in [0.05, 0.1) is 44.3 Å². The number of rotatable bonds is 6. The SMILES string of the molecule is COC(=O)c1ccc2c(=O)[nH]c(CN3CCCC3c3ccc(OC)cc3OC)nc2c1. The van der Waals surface area contributed by atoms with Crippen molar-refractivity contribution in [3.05, 3.63) is 63.7 Å². The molecule has 0 bridgehead atoms. The molecule has 0 saturated carbocycles. The molecule has 2 aromatic carbocycles. The molecule has 1 aliphatic heterocycles. The van der Waals surface area contributed by atoms with Gasteiger partial charge in [-0.05, 0) is 43.7 Å². The molecule has 8 heteroatoms. The lowest BCUT2D eigenvalue weighted by Crippen LogP contribution is -2.26. The van der Waals surface area contributed by atoms with Crippen LogP contribution in [0.5, 0.6) is 11.5 Å². The lowest BCUT2D eigenvalue weighted by Gasteiger charge is -2.26. The standard InChI is InChI=1S/C23H25N3O5/c1-29-15-7-9-17(20(12-15)30-2)19-5-4-10-26(19)13-21-24-18-11-14(23(28)31-3)6-8-16(18)22(27)25-21/h6-9,11-12,19H,4-5,10,13H2,1-3H3,(H,24,25,27). The number of hydrogen-bond donors (Lipinski definition) is 1. The molecule has 1 fully saturated rings. The summed E-state index contributed by atoms with van der Waals surface area (Å²) in [6, 6.07) is 10.7. The number of fused-ring (bicyclic) bond motifs is 1. The Morgan fingerprint density at radius 2 is 2.00 bits per heavy atom. The summed E-state index contributed by atoms with van der Waals surface area (Å²) in [4.78, 5) is 34.2. The summed E-state index contributed by atoms with van der Waals surface area (Å²) in [6.45, 7) is 1.36. The molecule has 162 valence electrons. The summed E-state index contributed by atoms with van der Waals surface area (Å²) in [5.74, 6) is 1.61. The average molecular weight is 423 g/mol. The predicted octanol–water partition coefficient (Wildman–Crippen LogP) is 3.06. The monoisotopic (exact) mass is 423 g/mol. The first-order chi connectivity index (χ1) is 15.0. The number of ether oxygens (including phenoxy) is 3. The number of likely N-dealkylation sites (tertiary alicyclic amines) is 1. The minimum absolute atomic E-state index is 0.142. The van der Waals surface area contributed by atoms with Crippen molar-refractivity contribution in [3.8, 4) is 11.5 Å². The quantitative estimate of drug-likeness (QED) is 0.609. The van der Waals surface area contributed by atoms with E-state index >= 15 is 0 Å². The summed E-state index contributed by atoms with van der Waals surface area (Å²) in [5, 5.41) is 0.436. The van der Waals surface area contributed by atoms with Gasteiger partial charge in [0.1, 0.15) is 17.3 Å². The van der Waals surface area contributed by atoms with Crippen molar-refractivity contribution in [2.24, 2.45) is 0 Å². The van der Waals surface area contributed by atoms with Crippen molar-refractivity contribution in [1.82, 2.24) is 14.9 Å². The van der Waals surface area contributed by atoms with Crippen molar-refractivity contribution < 1.29 is 19.0 Å². The van der Waals surface area contributed by atoms with E-state index in [1.165, 1.54) is 7.11 Å². The van der Waals surface area contributed by atoms with Crippen LogP contribution in [-0.2, 0) is 11.3 Å². The maximum Gasteiger partial charge on any atom is 0.337 e. The third-order valence-electron chi connectivity index (χ3n) is 5.69. The van der Waals surface area contributed by atoms with E-state index in [0.29, 0.717) is 28.8 Å². The Labute approximate surface area is 179 Å². The van der Waals surface area contributed by atoms with E-state index < -0.39 is 5.97 Å². The molecule has 2 heterocycles. The molecule has 1 unspecified atom stereocenters. The molecular weight excluding hydrogens is 398 g/mol. The highest BCUT2D eigenvalue weighted by Crippen LogP contribution is 2.39. The van der Waals surface area contributed by atoms with Crippen molar-refractivity contribution >= 4 is 16.9 Å². The molecule has 0 aliphatic carbocycles. The first kappa shape index (κ1) is 20.9. The Balaban J connectivity index is 1.65. The first-order valence-corrected chi connectivity index (χ1v) is 10.1. The van der Waals surface area contributed by atoms with Crippen LogP contribution in [0.1, 0.15) is 40.6 Å². The average Bonchev–Trinajstić information content (AvgIpc) is 3.25. The molecule has 4 rings (SSSR count). The zero-order valence-electron chi connectivity index (χ0n) is 17.8. The van der Waals surface area contributed by atoms with Gasteiger partial charge in [-0.3, -0.25) is 9.69 Å². The molecule has 1 N–H and O–H groups in total. The predicted molar refractivity (Wildman–Crippen MR) is 116 cm³/mol. The molecule has 8 nitrogen and oxygen atoms in total. The fourth-order valence-electron chi connectivity index (χ4n) is 4.16. The highest BCUT2D eigenvalue weighted by molar-refractivity contribution is 5.93. The van der Waals surface area contributed by atoms with Crippen LogP contribution in [0.4, 0.5) is 0 Å². The van der Waals surface area contributed by atoms with E-state index in [1.54, 1.807) is 32.4 Å². The van der Waals surface area contributed by atoms with Gasteiger partial charge in [0.25, 0.3) is 5.56 Å². The van der Waals surface area contributed by atoms with Crippen molar-refractivity contribution in [1.29, 1.82) is 0 Å². The Kier molecular flexibility index (Phi) is 5.90. The van der Waals surface area contributed by atoms with Gasteiger partial charge in [-0.2, -0.15) is 0 Å². The number of H-pyrrole nitrogens is 1. The second-order valence-electron chi connectivity index (χ2n) is 7.47. The fraction of sp³-hybridized carbons (Fsp3) is 0.348. The minimum Gasteiger partial charge on any atom is -0.497 e. The van der Waals surface area contributed by atoms with Crippen LogP contribution in [0.2, 0.25) is 0 Å². The maximum absolute atomic E-state index is 12.6. The van der Waals surface area contributed by atoms with Crippen molar-refractivity contribution in [2.45, 2.75) is 25.4 Å². The number of nitrogens with zero attached hydrogens (tertiary/aromatic N) is 2. The van der Waals surface area contributed by atoms with Gasteiger partial charge in [-0.15, -0.1) is 0 Å². The molecule has 1 saturated heterocycles. The lowest BCUT2D eigenvalue weighted by atomic mass is 10.0. The van der Waals surface area contributed by atoms with Gasteiger partial charge in [0.15, 0.2) is 0 Å². The Bertz CT molecular complexity index is 1170. The van der Waals surface area contributed by atoms with Gasteiger partial charge in [-0.1, -0.05) is 6.07 Å². The Morgan fingerprint density at radius 3 is 2.74 bits per heavy atom. The molecule has 1 aromatic heterocycles.